The minimum atomic E-state index is -0.0953. The van der Waals surface area contributed by atoms with Crippen LogP contribution in [0.2, 0.25) is 0 Å². The summed E-state index contributed by atoms with van der Waals surface area (Å²) in [6.45, 7) is 6.69. The zero-order valence-corrected chi connectivity index (χ0v) is 15.0. The molecule has 3 aliphatic heterocycles. The molecule has 2 bridgehead atoms. The van der Waals surface area contributed by atoms with Crippen molar-refractivity contribution in [1.82, 2.24) is 10.2 Å². The molecule has 4 heterocycles. The number of hydrogen-bond acceptors (Lipinski definition) is 3. The molecule has 1 N–H and O–H groups in total. The number of nitrogens with zero attached hydrogens (tertiary/aromatic N) is 1. The Morgan fingerprint density at radius 2 is 1.88 bits per heavy atom. The normalized spacial score (nSPS) is 28.1. The lowest BCUT2D eigenvalue weighted by Crippen LogP contribution is -2.62. The average molecular weight is 338 g/mol. The zero-order chi connectivity index (χ0) is 17.4. The van der Waals surface area contributed by atoms with Gasteiger partial charge in [0.25, 0.3) is 5.91 Å². The van der Waals surface area contributed by atoms with Crippen molar-refractivity contribution in [1.29, 1.82) is 0 Å². The number of fused-ring (bicyclic) bond motifs is 3. The summed E-state index contributed by atoms with van der Waals surface area (Å²) in [6, 6.07) is 12.6. The van der Waals surface area contributed by atoms with E-state index >= 15 is 0 Å². The molecule has 0 spiro atoms. The minimum Gasteiger partial charge on any atom is -0.451 e. The van der Waals surface area contributed by atoms with Gasteiger partial charge in [-0.25, -0.2) is 0 Å². The smallest absolute Gasteiger partial charge is 0.287 e. The van der Waals surface area contributed by atoms with Gasteiger partial charge in [0, 0.05) is 17.6 Å². The van der Waals surface area contributed by atoms with Crippen molar-refractivity contribution in [2.75, 3.05) is 13.1 Å². The highest BCUT2D eigenvalue weighted by Crippen LogP contribution is 2.32. The topological polar surface area (TPSA) is 45.5 Å². The number of benzene rings is 1. The Bertz CT molecular complexity index is 740. The molecule has 2 atom stereocenters. The number of carbonyl (C=O) groups excluding carboxylic acids is 1. The number of aryl methyl sites for hydroxylation is 1. The van der Waals surface area contributed by atoms with Gasteiger partial charge >= 0.3 is 0 Å². The molecule has 3 fully saturated rings. The number of furan rings is 1. The summed E-state index contributed by atoms with van der Waals surface area (Å²) >= 11 is 0. The van der Waals surface area contributed by atoms with Crippen LogP contribution in [-0.4, -0.2) is 36.0 Å². The summed E-state index contributed by atoms with van der Waals surface area (Å²) in [6.07, 6.45) is 3.38. The molecule has 1 aromatic carbocycles. The maximum Gasteiger partial charge on any atom is 0.287 e. The van der Waals surface area contributed by atoms with Gasteiger partial charge in [-0.1, -0.05) is 31.2 Å². The van der Waals surface area contributed by atoms with Crippen LogP contribution in [0.3, 0.4) is 0 Å². The fourth-order valence-electron chi connectivity index (χ4n) is 4.29. The maximum absolute atomic E-state index is 12.7. The summed E-state index contributed by atoms with van der Waals surface area (Å²) in [5, 5.41) is 3.23. The van der Waals surface area contributed by atoms with Gasteiger partial charge in [-0.05, 0) is 62.9 Å². The van der Waals surface area contributed by atoms with Gasteiger partial charge in [-0.15, -0.1) is 0 Å². The van der Waals surface area contributed by atoms with Gasteiger partial charge in [0.15, 0.2) is 5.76 Å². The molecule has 25 heavy (non-hydrogen) atoms. The van der Waals surface area contributed by atoms with Gasteiger partial charge in [-0.2, -0.15) is 0 Å². The highest BCUT2D eigenvalue weighted by molar-refractivity contribution is 5.92. The maximum atomic E-state index is 12.7. The molecule has 0 radical (unpaired) electrons. The summed E-state index contributed by atoms with van der Waals surface area (Å²) in [5.74, 6) is 1.65. The third-order valence-electron chi connectivity index (χ3n) is 5.95. The first kappa shape index (κ1) is 16.4. The Morgan fingerprint density at radius 1 is 1.16 bits per heavy atom. The van der Waals surface area contributed by atoms with Crippen molar-refractivity contribution in [2.45, 2.75) is 45.2 Å². The van der Waals surface area contributed by atoms with Crippen molar-refractivity contribution >= 4 is 5.91 Å². The predicted molar refractivity (Wildman–Crippen MR) is 98.5 cm³/mol. The standard InChI is InChI=1S/C21H26N2O2/c1-3-15-4-6-16(7-5-15)18-8-9-19(25-18)21(24)22-20-14(2)23-12-10-17(20)11-13-23/h4-9,14,17,20H,3,10-13H2,1-2H3,(H,22,24). The van der Waals surface area contributed by atoms with Gasteiger partial charge in [0.2, 0.25) is 0 Å². The van der Waals surface area contributed by atoms with E-state index in [1.807, 2.05) is 6.07 Å². The van der Waals surface area contributed by atoms with E-state index < -0.39 is 0 Å². The molecule has 2 aromatic rings. The molecule has 1 amide bonds. The second-order valence-corrected chi connectivity index (χ2v) is 7.33. The Balaban J connectivity index is 1.47. The first-order valence-electron chi connectivity index (χ1n) is 9.39. The van der Waals surface area contributed by atoms with Crippen LogP contribution in [0.25, 0.3) is 11.3 Å². The van der Waals surface area contributed by atoms with E-state index in [2.05, 4.69) is 48.3 Å². The van der Waals surface area contributed by atoms with Crippen LogP contribution in [0.1, 0.15) is 42.8 Å². The van der Waals surface area contributed by atoms with Gasteiger partial charge in [-0.3, -0.25) is 9.69 Å². The predicted octanol–water partition coefficient (Wildman–Crippen LogP) is 3.72. The van der Waals surface area contributed by atoms with E-state index in [0.717, 1.165) is 30.8 Å². The van der Waals surface area contributed by atoms with E-state index in [0.29, 0.717) is 17.7 Å². The zero-order valence-electron chi connectivity index (χ0n) is 15.0. The molecule has 132 valence electrons. The lowest BCUT2D eigenvalue weighted by atomic mass is 9.79. The van der Waals surface area contributed by atoms with Crippen LogP contribution in [0.15, 0.2) is 40.8 Å². The summed E-state index contributed by atoms with van der Waals surface area (Å²) in [5.41, 5.74) is 2.30. The molecular weight excluding hydrogens is 312 g/mol. The summed E-state index contributed by atoms with van der Waals surface area (Å²) in [4.78, 5) is 15.1. The molecule has 0 aliphatic carbocycles. The third-order valence-corrected chi connectivity index (χ3v) is 5.95. The Kier molecular flexibility index (Phi) is 4.38. The molecule has 4 heteroatoms. The molecular formula is C21H26N2O2. The number of piperidine rings is 3. The first-order valence-corrected chi connectivity index (χ1v) is 9.39. The second-order valence-electron chi connectivity index (χ2n) is 7.33. The number of rotatable bonds is 4. The molecule has 3 aliphatic rings. The van der Waals surface area contributed by atoms with Crippen LogP contribution in [0.5, 0.6) is 0 Å². The van der Waals surface area contributed by atoms with Crippen LogP contribution in [-0.2, 0) is 6.42 Å². The Labute approximate surface area is 149 Å². The fourth-order valence-corrected chi connectivity index (χ4v) is 4.29. The van der Waals surface area contributed by atoms with Gasteiger partial charge < -0.3 is 9.73 Å². The molecule has 0 saturated carbocycles. The Hall–Kier alpha value is -2.07. The van der Waals surface area contributed by atoms with E-state index in [-0.39, 0.29) is 11.9 Å². The van der Waals surface area contributed by atoms with Gasteiger partial charge in [0.1, 0.15) is 5.76 Å². The van der Waals surface area contributed by atoms with E-state index in [1.165, 1.54) is 18.4 Å². The van der Waals surface area contributed by atoms with Crippen molar-refractivity contribution in [3.63, 3.8) is 0 Å². The minimum absolute atomic E-state index is 0.0953. The van der Waals surface area contributed by atoms with Crippen LogP contribution in [0, 0.1) is 5.92 Å². The average Bonchev–Trinajstić information content (AvgIpc) is 3.15. The van der Waals surface area contributed by atoms with Crippen LogP contribution >= 0.6 is 0 Å². The number of carbonyl (C=O) groups is 1. The fraction of sp³-hybridized carbons (Fsp3) is 0.476. The monoisotopic (exact) mass is 338 g/mol. The van der Waals surface area contributed by atoms with Gasteiger partial charge in [0.05, 0.1) is 0 Å². The quantitative estimate of drug-likeness (QED) is 0.924. The van der Waals surface area contributed by atoms with E-state index in [9.17, 15) is 4.79 Å². The van der Waals surface area contributed by atoms with Crippen molar-refractivity contribution < 1.29 is 9.21 Å². The lowest BCUT2D eigenvalue weighted by Gasteiger charge is -2.49. The highest BCUT2D eigenvalue weighted by atomic mass is 16.3. The Morgan fingerprint density at radius 3 is 2.52 bits per heavy atom. The van der Waals surface area contributed by atoms with Crippen LogP contribution in [0.4, 0.5) is 0 Å². The lowest BCUT2D eigenvalue weighted by molar-refractivity contribution is 0.0211. The molecule has 1 aromatic heterocycles. The van der Waals surface area contributed by atoms with Crippen molar-refractivity contribution in [3.05, 3.63) is 47.7 Å². The third kappa shape index (κ3) is 3.11. The van der Waals surface area contributed by atoms with E-state index in [4.69, 9.17) is 4.42 Å². The van der Waals surface area contributed by atoms with Crippen molar-refractivity contribution in [2.24, 2.45) is 5.92 Å². The molecule has 5 rings (SSSR count). The largest absolute Gasteiger partial charge is 0.451 e. The summed E-state index contributed by atoms with van der Waals surface area (Å²) in [7, 11) is 0. The van der Waals surface area contributed by atoms with Crippen molar-refractivity contribution in [3.8, 4) is 11.3 Å². The second kappa shape index (κ2) is 6.68. The van der Waals surface area contributed by atoms with E-state index in [1.54, 1.807) is 6.07 Å². The molecule has 4 nitrogen and oxygen atoms in total. The highest BCUT2D eigenvalue weighted by Gasteiger charge is 2.40. The number of amides is 1. The molecule has 2 unspecified atom stereocenters. The molecule has 3 saturated heterocycles. The number of hydrogen-bond donors (Lipinski definition) is 1. The summed E-state index contributed by atoms with van der Waals surface area (Å²) < 4.78 is 5.84. The number of nitrogens with one attached hydrogen (secondary N) is 1. The van der Waals surface area contributed by atoms with Crippen LogP contribution < -0.4 is 5.32 Å². The SMILES string of the molecule is CCc1ccc(-c2ccc(C(=O)NC3C4CCN(CC4)C3C)o2)cc1. The first-order chi connectivity index (χ1) is 12.2.